The first kappa shape index (κ1) is 17.0. The third kappa shape index (κ3) is 2.89. The summed E-state index contributed by atoms with van der Waals surface area (Å²) in [6.07, 6.45) is 0. The van der Waals surface area contributed by atoms with Gasteiger partial charge in [0.15, 0.2) is 0 Å². The zero-order valence-corrected chi connectivity index (χ0v) is 15.1. The molecule has 140 valence electrons. The minimum Gasteiger partial charge on any atom is -0.507 e. The Hall–Kier alpha value is -4.12. The van der Waals surface area contributed by atoms with Crippen molar-refractivity contribution in [3.63, 3.8) is 0 Å². The lowest BCUT2D eigenvalue weighted by atomic mass is 10.1. The van der Waals surface area contributed by atoms with Crippen LogP contribution in [-0.4, -0.2) is 11.1 Å². The lowest BCUT2D eigenvalue weighted by Crippen LogP contribution is -2.09. The Kier molecular flexibility index (Phi) is 3.81. The summed E-state index contributed by atoms with van der Waals surface area (Å²) in [6, 6.07) is 22.4. The second-order valence-corrected chi connectivity index (χ2v) is 6.69. The first-order valence-corrected chi connectivity index (χ1v) is 9.00. The number of rotatable bonds is 2. The van der Waals surface area contributed by atoms with Gasteiger partial charge in [0.2, 0.25) is 5.43 Å². The lowest BCUT2D eigenvalue weighted by molar-refractivity contribution is 0.0735. The Bertz CT molecular complexity index is 1480. The largest absolute Gasteiger partial charge is 0.507 e. The molecule has 0 amide bonds. The number of fused-ring (bicyclic) bond motifs is 3. The average Bonchev–Trinajstić information content (AvgIpc) is 2.73. The van der Waals surface area contributed by atoms with Crippen molar-refractivity contribution < 1.29 is 19.1 Å². The van der Waals surface area contributed by atoms with Gasteiger partial charge in [-0.15, -0.1) is 0 Å². The molecule has 0 aliphatic carbocycles. The van der Waals surface area contributed by atoms with Gasteiger partial charge in [-0.3, -0.25) is 4.79 Å². The molecule has 0 unspecified atom stereocenters. The Morgan fingerprint density at radius 1 is 0.828 bits per heavy atom. The minimum atomic E-state index is -0.572. The SMILES string of the molecule is O=C(Oc1cc(O)c2c(=O)c3ccccc3oc2c1)c1ccc2ccccc2c1. The van der Waals surface area contributed by atoms with Crippen LogP contribution in [0.25, 0.3) is 32.7 Å². The highest BCUT2D eigenvalue weighted by Crippen LogP contribution is 2.31. The van der Waals surface area contributed by atoms with Crippen molar-refractivity contribution in [1.29, 1.82) is 0 Å². The number of esters is 1. The van der Waals surface area contributed by atoms with E-state index in [0.29, 0.717) is 16.5 Å². The second kappa shape index (κ2) is 6.49. The summed E-state index contributed by atoms with van der Waals surface area (Å²) in [5.41, 5.74) is 0.576. The van der Waals surface area contributed by atoms with Gasteiger partial charge in [-0.1, -0.05) is 42.5 Å². The molecule has 5 aromatic rings. The zero-order chi connectivity index (χ0) is 20.0. The lowest BCUT2D eigenvalue weighted by Gasteiger charge is -2.08. The number of benzene rings is 4. The third-order valence-electron chi connectivity index (χ3n) is 4.83. The number of hydrogen-bond acceptors (Lipinski definition) is 5. The molecule has 5 rings (SSSR count). The first-order chi connectivity index (χ1) is 14.1. The zero-order valence-electron chi connectivity index (χ0n) is 15.1. The predicted molar refractivity (Wildman–Crippen MR) is 111 cm³/mol. The monoisotopic (exact) mass is 382 g/mol. The van der Waals surface area contributed by atoms with E-state index in [2.05, 4.69) is 0 Å². The molecule has 0 atom stereocenters. The number of phenols is 1. The number of para-hydroxylation sites is 1. The standard InChI is InChI=1S/C24H14O5/c25-19-12-17(13-21-22(19)23(26)18-7-3-4-8-20(18)29-21)28-24(27)16-10-9-14-5-1-2-6-15(14)11-16/h1-13,25H. The highest BCUT2D eigenvalue weighted by Gasteiger charge is 2.16. The number of phenolic OH excluding ortho intramolecular Hbond substituents is 1. The van der Waals surface area contributed by atoms with Crippen LogP contribution in [0, 0.1) is 0 Å². The van der Waals surface area contributed by atoms with E-state index in [1.807, 2.05) is 30.3 Å². The molecule has 0 fully saturated rings. The van der Waals surface area contributed by atoms with Crippen molar-refractivity contribution in [1.82, 2.24) is 0 Å². The van der Waals surface area contributed by atoms with Crippen molar-refractivity contribution in [3.05, 3.63) is 94.6 Å². The Balaban J connectivity index is 1.56. The van der Waals surface area contributed by atoms with E-state index in [9.17, 15) is 14.7 Å². The summed E-state index contributed by atoms with van der Waals surface area (Å²) >= 11 is 0. The van der Waals surface area contributed by atoms with E-state index in [-0.39, 0.29) is 27.9 Å². The summed E-state index contributed by atoms with van der Waals surface area (Å²) < 4.78 is 11.2. The summed E-state index contributed by atoms with van der Waals surface area (Å²) in [6.45, 7) is 0. The van der Waals surface area contributed by atoms with Crippen LogP contribution >= 0.6 is 0 Å². The first-order valence-electron chi connectivity index (χ1n) is 9.00. The fourth-order valence-electron chi connectivity index (χ4n) is 3.42. The Labute approximate surface area is 164 Å². The molecular weight excluding hydrogens is 368 g/mol. The molecule has 4 aromatic carbocycles. The van der Waals surface area contributed by atoms with Crippen molar-refractivity contribution in [2.75, 3.05) is 0 Å². The van der Waals surface area contributed by atoms with Crippen LogP contribution in [0.3, 0.4) is 0 Å². The van der Waals surface area contributed by atoms with Gasteiger partial charge in [-0.05, 0) is 35.0 Å². The molecule has 0 aliphatic rings. The number of aromatic hydroxyl groups is 1. The van der Waals surface area contributed by atoms with Gasteiger partial charge in [-0.25, -0.2) is 4.79 Å². The molecule has 29 heavy (non-hydrogen) atoms. The topological polar surface area (TPSA) is 76.7 Å². The van der Waals surface area contributed by atoms with Crippen molar-refractivity contribution in [2.24, 2.45) is 0 Å². The van der Waals surface area contributed by atoms with Crippen molar-refractivity contribution >= 4 is 38.7 Å². The average molecular weight is 382 g/mol. The highest BCUT2D eigenvalue weighted by molar-refractivity contribution is 5.98. The van der Waals surface area contributed by atoms with Gasteiger partial charge in [0.1, 0.15) is 28.1 Å². The molecule has 5 heteroatoms. The van der Waals surface area contributed by atoms with E-state index in [0.717, 1.165) is 10.8 Å². The fraction of sp³-hybridized carbons (Fsp3) is 0. The molecule has 5 nitrogen and oxygen atoms in total. The van der Waals surface area contributed by atoms with Gasteiger partial charge in [-0.2, -0.15) is 0 Å². The quantitative estimate of drug-likeness (QED) is 0.263. The van der Waals surface area contributed by atoms with Crippen LogP contribution in [-0.2, 0) is 0 Å². The molecule has 1 N–H and O–H groups in total. The van der Waals surface area contributed by atoms with Crippen LogP contribution in [0.5, 0.6) is 11.5 Å². The maximum absolute atomic E-state index is 12.7. The van der Waals surface area contributed by atoms with Crippen LogP contribution in [0.1, 0.15) is 10.4 Å². The normalized spacial score (nSPS) is 11.2. The second-order valence-electron chi connectivity index (χ2n) is 6.69. The highest BCUT2D eigenvalue weighted by atomic mass is 16.5. The van der Waals surface area contributed by atoms with Gasteiger partial charge < -0.3 is 14.3 Å². The van der Waals surface area contributed by atoms with Crippen molar-refractivity contribution in [2.45, 2.75) is 0 Å². The van der Waals surface area contributed by atoms with Crippen LogP contribution in [0.4, 0.5) is 0 Å². The van der Waals surface area contributed by atoms with Crippen molar-refractivity contribution in [3.8, 4) is 11.5 Å². The van der Waals surface area contributed by atoms with Gasteiger partial charge >= 0.3 is 5.97 Å². The van der Waals surface area contributed by atoms with Gasteiger partial charge in [0.25, 0.3) is 0 Å². The van der Waals surface area contributed by atoms with Gasteiger partial charge in [0.05, 0.1) is 10.9 Å². The summed E-state index contributed by atoms with van der Waals surface area (Å²) in [5, 5.41) is 12.7. The van der Waals surface area contributed by atoms with E-state index in [4.69, 9.17) is 9.15 Å². The minimum absolute atomic E-state index is 0.0502. The van der Waals surface area contributed by atoms with E-state index < -0.39 is 5.97 Å². The molecule has 1 aromatic heterocycles. The smallest absolute Gasteiger partial charge is 0.343 e. The molecule has 0 spiro atoms. The Morgan fingerprint density at radius 3 is 2.45 bits per heavy atom. The van der Waals surface area contributed by atoms with Crippen LogP contribution < -0.4 is 10.2 Å². The number of carbonyl (C=O) groups is 1. The molecule has 0 saturated carbocycles. The molecule has 0 bridgehead atoms. The van der Waals surface area contributed by atoms with E-state index >= 15 is 0 Å². The van der Waals surface area contributed by atoms with Crippen LogP contribution in [0.15, 0.2) is 88.1 Å². The van der Waals surface area contributed by atoms with Gasteiger partial charge in [0, 0.05) is 12.1 Å². The summed E-state index contributed by atoms with van der Waals surface area (Å²) in [5.74, 6) is -0.785. The predicted octanol–water partition coefficient (Wildman–Crippen LogP) is 5.02. The molecular formula is C24H14O5. The number of hydrogen-bond donors (Lipinski definition) is 1. The molecule has 1 heterocycles. The number of carbonyl (C=O) groups excluding carboxylic acids is 1. The third-order valence-corrected chi connectivity index (χ3v) is 4.83. The number of ether oxygens (including phenoxy) is 1. The summed E-state index contributed by atoms with van der Waals surface area (Å²) in [4.78, 5) is 25.2. The molecule has 0 radical (unpaired) electrons. The van der Waals surface area contributed by atoms with E-state index in [1.165, 1.54) is 12.1 Å². The maximum atomic E-state index is 12.7. The van der Waals surface area contributed by atoms with Crippen LogP contribution in [0.2, 0.25) is 0 Å². The summed E-state index contributed by atoms with van der Waals surface area (Å²) in [7, 11) is 0. The maximum Gasteiger partial charge on any atom is 0.343 e. The molecule has 0 aliphatic heterocycles. The van der Waals surface area contributed by atoms with E-state index in [1.54, 1.807) is 36.4 Å². The fourth-order valence-corrected chi connectivity index (χ4v) is 3.42. The molecule has 0 saturated heterocycles. The Morgan fingerprint density at radius 2 is 1.59 bits per heavy atom.